The van der Waals surface area contributed by atoms with Crippen molar-refractivity contribution >= 4 is 11.6 Å². The highest BCUT2D eigenvalue weighted by Crippen LogP contribution is 2.24. The van der Waals surface area contributed by atoms with Gasteiger partial charge in [-0.05, 0) is 44.4 Å². The maximum absolute atomic E-state index is 12.1. The number of aromatic nitrogens is 1. The monoisotopic (exact) mass is 299 g/mol. The van der Waals surface area contributed by atoms with Crippen LogP contribution < -0.4 is 10.2 Å². The number of hydrogen-bond acceptors (Lipinski definition) is 4. The SMILES string of the molecule is Cc1cc(C(=O)N[C@@H](C)c2cccc(N3CCCC3)c2)no1. The Balaban J connectivity index is 1.70. The summed E-state index contributed by atoms with van der Waals surface area (Å²) in [5, 5.41) is 6.71. The number of benzene rings is 1. The Bertz CT molecular complexity index is 659. The Morgan fingerprint density at radius 2 is 2.09 bits per heavy atom. The fourth-order valence-corrected chi connectivity index (χ4v) is 2.79. The first kappa shape index (κ1) is 14.6. The third-order valence-corrected chi connectivity index (χ3v) is 4.05. The average Bonchev–Trinajstić information content (AvgIpc) is 3.18. The second-order valence-electron chi connectivity index (χ2n) is 5.81. The molecular weight excluding hydrogens is 278 g/mol. The van der Waals surface area contributed by atoms with Crippen LogP contribution in [0.4, 0.5) is 5.69 Å². The van der Waals surface area contributed by atoms with Gasteiger partial charge in [0, 0.05) is 24.8 Å². The molecule has 1 fully saturated rings. The smallest absolute Gasteiger partial charge is 0.273 e. The van der Waals surface area contributed by atoms with Crippen molar-refractivity contribution in [1.82, 2.24) is 10.5 Å². The number of nitrogens with one attached hydrogen (secondary N) is 1. The van der Waals surface area contributed by atoms with Crippen LogP contribution in [-0.4, -0.2) is 24.2 Å². The lowest BCUT2D eigenvalue weighted by molar-refractivity contribution is 0.0930. The van der Waals surface area contributed by atoms with Crippen LogP contribution >= 0.6 is 0 Å². The molecule has 3 rings (SSSR count). The lowest BCUT2D eigenvalue weighted by atomic mass is 10.1. The standard InChI is InChI=1S/C17H21N3O2/c1-12-10-16(19-22-12)17(21)18-13(2)14-6-5-7-15(11-14)20-8-3-4-9-20/h5-7,10-11,13H,3-4,8-9H2,1-2H3,(H,18,21)/t13-/m0/s1. The molecule has 5 heteroatoms. The second-order valence-corrected chi connectivity index (χ2v) is 5.81. The van der Waals surface area contributed by atoms with Crippen LogP contribution in [0.2, 0.25) is 0 Å². The van der Waals surface area contributed by atoms with E-state index in [0.717, 1.165) is 18.7 Å². The molecule has 1 aliphatic heterocycles. The van der Waals surface area contributed by atoms with Gasteiger partial charge >= 0.3 is 0 Å². The van der Waals surface area contributed by atoms with Crippen molar-refractivity contribution in [3.05, 3.63) is 47.3 Å². The first-order valence-electron chi connectivity index (χ1n) is 7.72. The van der Waals surface area contributed by atoms with Crippen molar-refractivity contribution in [2.75, 3.05) is 18.0 Å². The van der Waals surface area contributed by atoms with Gasteiger partial charge in [-0.25, -0.2) is 0 Å². The minimum atomic E-state index is -0.212. The number of carbonyl (C=O) groups excluding carboxylic acids is 1. The number of nitrogens with zero attached hydrogens (tertiary/aromatic N) is 2. The number of carbonyl (C=O) groups is 1. The van der Waals surface area contributed by atoms with E-state index in [-0.39, 0.29) is 11.9 Å². The summed E-state index contributed by atoms with van der Waals surface area (Å²) in [6, 6.07) is 9.94. The van der Waals surface area contributed by atoms with Crippen molar-refractivity contribution in [3.8, 4) is 0 Å². The molecule has 1 N–H and O–H groups in total. The predicted octanol–water partition coefficient (Wildman–Crippen LogP) is 3.07. The molecule has 1 atom stereocenters. The molecule has 0 radical (unpaired) electrons. The molecule has 22 heavy (non-hydrogen) atoms. The van der Waals surface area contributed by atoms with Crippen molar-refractivity contribution in [2.45, 2.75) is 32.7 Å². The molecule has 1 amide bonds. The number of hydrogen-bond donors (Lipinski definition) is 1. The highest BCUT2D eigenvalue weighted by Gasteiger charge is 2.17. The normalized spacial score (nSPS) is 15.8. The van der Waals surface area contributed by atoms with E-state index in [1.807, 2.05) is 19.1 Å². The molecule has 116 valence electrons. The van der Waals surface area contributed by atoms with Crippen molar-refractivity contribution in [2.24, 2.45) is 0 Å². The van der Waals surface area contributed by atoms with Crippen LogP contribution in [0, 0.1) is 6.92 Å². The molecule has 0 saturated carbocycles. The largest absolute Gasteiger partial charge is 0.372 e. The van der Waals surface area contributed by atoms with E-state index in [0.29, 0.717) is 11.5 Å². The molecule has 2 aromatic rings. The van der Waals surface area contributed by atoms with Crippen LogP contribution in [0.5, 0.6) is 0 Å². The summed E-state index contributed by atoms with van der Waals surface area (Å²) in [6.07, 6.45) is 2.50. The lowest BCUT2D eigenvalue weighted by Crippen LogP contribution is -2.27. The van der Waals surface area contributed by atoms with Crippen LogP contribution in [0.15, 0.2) is 34.9 Å². The van der Waals surface area contributed by atoms with Gasteiger partial charge in [0.05, 0.1) is 6.04 Å². The first-order chi connectivity index (χ1) is 10.6. The molecule has 1 saturated heterocycles. The molecule has 5 nitrogen and oxygen atoms in total. The molecule has 1 aromatic carbocycles. The zero-order chi connectivity index (χ0) is 15.5. The van der Waals surface area contributed by atoms with Gasteiger partial charge in [-0.3, -0.25) is 4.79 Å². The van der Waals surface area contributed by atoms with Crippen LogP contribution in [0.1, 0.15) is 47.6 Å². The van der Waals surface area contributed by atoms with E-state index in [1.54, 1.807) is 13.0 Å². The summed E-state index contributed by atoms with van der Waals surface area (Å²) < 4.78 is 4.94. The molecule has 1 aliphatic rings. The zero-order valence-electron chi connectivity index (χ0n) is 13.0. The molecule has 0 bridgehead atoms. The van der Waals surface area contributed by atoms with Crippen molar-refractivity contribution in [1.29, 1.82) is 0 Å². The number of aryl methyl sites for hydroxylation is 1. The zero-order valence-corrected chi connectivity index (χ0v) is 13.0. The molecule has 0 unspecified atom stereocenters. The quantitative estimate of drug-likeness (QED) is 0.942. The number of amides is 1. The average molecular weight is 299 g/mol. The minimum absolute atomic E-state index is 0.0768. The van der Waals surface area contributed by atoms with Gasteiger partial charge in [0.1, 0.15) is 5.76 Å². The highest BCUT2D eigenvalue weighted by molar-refractivity contribution is 5.92. The highest BCUT2D eigenvalue weighted by atomic mass is 16.5. The number of anilines is 1. The summed E-state index contributed by atoms with van der Waals surface area (Å²) in [7, 11) is 0. The predicted molar refractivity (Wildman–Crippen MR) is 85.0 cm³/mol. The van der Waals surface area contributed by atoms with E-state index in [2.05, 4.69) is 27.5 Å². The summed E-state index contributed by atoms with van der Waals surface area (Å²) in [4.78, 5) is 14.5. The Kier molecular flexibility index (Phi) is 4.13. The van der Waals surface area contributed by atoms with E-state index < -0.39 is 0 Å². The summed E-state index contributed by atoms with van der Waals surface area (Å²) >= 11 is 0. The van der Waals surface area contributed by atoms with Crippen LogP contribution in [-0.2, 0) is 0 Å². The van der Waals surface area contributed by atoms with Gasteiger partial charge in [-0.2, -0.15) is 0 Å². The third kappa shape index (κ3) is 3.13. The van der Waals surface area contributed by atoms with Gasteiger partial charge in [-0.1, -0.05) is 17.3 Å². The Hall–Kier alpha value is -2.30. The second kappa shape index (κ2) is 6.22. The van der Waals surface area contributed by atoms with Crippen LogP contribution in [0.25, 0.3) is 0 Å². The Morgan fingerprint density at radius 3 is 2.77 bits per heavy atom. The van der Waals surface area contributed by atoms with Gasteiger partial charge in [0.25, 0.3) is 5.91 Å². The van der Waals surface area contributed by atoms with Crippen LogP contribution in [0.3, 0.4) is 0 Å². The molecule has 0 aliphatic carbocycles. The maximum Gasteiger partial charge on any atom is 0.273 e. The fourth-order valence-electron chi connectivity index (χ4n) is 2.79. The van der Waals surface area contributed by atoms with Crippen molar-refractivity contribution in [3.63, 3.8) is 0 Å². The molecule has 1 aromatic heterocycles. The van der Waals surface area contributed by atoms with E-state index >= 15 is 0 Å². The van der Waals surface area contributed by atoms with Gasteiger partial charge in [0.2, 0.25) is 0 Å². The third-order valence-electron chi connectivity index (χ3n) is 4.05. The van der Waals surface area contributed by atoms with Gasteiger partial charge < -0.3 is 14.7 Å². The maximum atomic E-state index is 12.1. The minimum Gasteiger partial charge on any atom is -0.372 e. The number of rotatable bonds is 4. The molecular formula is C17H21N3O2. The first-order valence-corrected chi connectivity index (χ1v) is 7.72. The van der Waals surface area contributed by atoms with Crippen molar-refractivity contribution < 1.29 is 9.32 Å². The fraction of sp³-hybridized carbons (Fsp3) is 0.412. The van der Waals surface area contributed by atoms with E-state index in [1.165, 1.54) is 18.5 Å². The Labute approximate surface area is 130 Å². The van der Waals surface area contributed by atoms with E-state index in [4.69, 9.17) is 4.52 Å². The molecule has 0 spiro atoms. The molecule has 2 heterocycles. The lowest BCUT2D eigenvalue weighted by Gasteiger charge is -2.20. The summed E-state index contributed by atoms with van der Waals surface area (Å²) in [5.74, 6) is 0.421. The van der Waals surface area contributed by atoms with Gasteiger partial charge in [0.15, 0.2) is 5.69 Å². The Morgan fingerprint density at radius 1 is 1.32 bits per heavy atom. The topological polar surface area (TPSA) is 58.4 Å². The summed E-state index contributed by atoms with van der Waals surface area (Å²) in [5.41, 5.74) is 2.64. The summed E-state index contributed by atoms with van der Waals surface area (Å²) in [6.45, 7) is 5.98. The van der Waals surface area contributed by atoms with E-state index in [9.17, 15) is 4.79 Å². The van der Waals surface area contributed by atoms with Gasteiger partial charge in [-0.15, -0.1) is 0 Å².